The maximum atomic E-state index is 13.3. The molecular formula is C30H36ClN5O4. The van der Waals surface area contributed by atoms with Crippen molar-refractivity contribution >= 4 is 29.3 Å². The number of halogens is 1. The fourth-order valence-electron chi connectivity index (χ4n) is 5.90. The summed E-state index contributed by atoms with van der Waals surface area (Å²) in [7, 11) is 0. The normalized spacial score (nSPS) is 18.7. The molecule has 212 valence electrons. The summed E-state index contributed by atoms with van der Waals surface area (Å²) in [5.41, 5.74) is 4.64. The number of hydrogen-bond acceptors (Lipinski definition) is 7. The second-order valence-electron chi connectivity index (χ2n) is 11.0. The number of ether oxygens (including phenoxy) is 1. The van der Waals surface area contributed by atoms with Crippen LogP contribution in [-0.4, -0.2) is 71.2 Å². The lowest BCUT2D eigenvalue weighted by Gasteiger charge is -2.25. The number of aromatic nitrogens is 2. The number of benzene rings is 1. The number of carbonyl (C=O) groups is 2. The summed E-state index contributed by atoms with van der Waals surface area (Å²) in [6.45, 7) is 14.0. The van der Waals surface area contributed by atoms with E-state index >= 15 is 0 Å². The Balaban J connectivity index is 1.19. The minimum atomic E-state index is -0.497. The van der Waals surface area contributed by atoms with Gasteiger partial charge in [0.15, 0.2) is 11.5 Å². The van der Waals surface area contributed by atoms with Crippen molar-refractivity contribution in [1.82, 2.24) is 19.9 Å². The highest BCUT2D eigenvalue weighted by molar-refractivity contribution is 6.31. The van der Waals surface area contributed by atoms with E-state index in [2.05, 4.69) is 15.0 Å². The Morgan fingerprint density at radius 2 is 1.75 bits per heavy atom. The van der Waals surface area contributed by atoms with E-state index in [4.69, 9.17) is 20.9 Å². The molecule has 0 aliphatic carbocycles. The van der Waals surface area contributed by atoms with Gasteiger partial charge in [0.05, 0.1) is 11.3 Å². The van der Waals surface area contributed by atoms with Gasteiger partial charge in [-0.05, 0) is 81.8 Å². The molecule has 2 atom stereocenters. The van der Waals surface area contributed by atoms with Crippen LogP contribution in [0.3, 0.4) is 0 Å². The van der Waals surface area contributed by atoms with Gasteiger partial charge >= 0.3 is 6.09 Å². The molecule has 2 aliphatic rings. The van der Waals surface area contributed by atoms with E-state index in [-0.39, 0.29) is 5.91 Å². The molecule has 2 fully saturated rings. The predicted molar refractivity (Wildman–Crippen MR) is 153 cm³/mol. The molecule has 0 bridgehead atoms. The monoisotopic (exact) mass is 565 g/mol. The van der Waals surface area contributed by atoms with Crippen LogP contribution in [0.1, 0.15) is 45.1 Å². The number of aryl methyl sites for hydroxylation is 5. The minimum Gasteiger partial charge on any atom is -0.404 e. The van der Waals surface area contributed by atoms with E-state index in [9.17, 15) is 9.59 Å². The Kier molecular flexibility index (Phi) is 8.14. The summed E-state index contributed by atoms with van der Waals surface area (Å²) in [4.78, 5) is 36.9. The molecule has 40 heavy (non-hydrogen) atoms. The third-order valence-corrected chi connectivity index (χ3v) is 8.52. The molecule has 10 heteroatoms. The third kappa shape index (κ3) is 5.71. The summed E-state index contributed by atoms with van der Waals surface area (Å²) in [5.74, 6) is 1.80. The van der Waals surface area contributed by atoms with E-state index in [1.165, 1.54) is 0 Å². The average molecular weight is 566 g/mol. The summed E-state index contributed by atoms with van der Waals surface area (Å²) in [6.07, 6.45) is 2.02. The van der Waals surface area contributed by atoms with Gasteiger partial charge in [0.2, 0.25) is 0 Å². The van der Waals surface area contributed by atoms with Gasteiger partial charge in [0.1, 0.15) is 5.69 Å². The summed E-state index contributed by atoms with van der Waals surface area (Å²) in [6, 6.07) is 7.48. The topological polar surface area (TPSA) is 92.0 Å². The number of hydrogen-bond donors (Lipinski definition) is 0. The van der Waals surface area contributed by atoms with Crippen LogP contribution >= 0.6 is 11.6 Å². The van der Waals surface area contributed by atoms with Crippen LogP contribution in [0.4, 0.5) is 10.5 Å². The largest absolute Gasteiger partial charge is 0.419 e. The van der Waals surface area contributed by atoms with E-state index in [0.717, 1.165) is 61.5 Å². The predicted octanol–water partition coefficient (Wildman–Crippen LogP) is 5.36. The molecule has 0 radical (unpaired) electrons. The Morgan fingerprint density at radius 1 is 1.02 bits per heavy atom. The van der Waals surface area contributed by atoms with Crippen molar-refractivity contribution in [3.05, 3.63) is 69.3 Å². The lowest BCUT2D eigenvalue weighted by molar-refractivity contribution is 0.0772. The van der Waals surface area contributed by atoms with Gasteiger partial charge < -0.3 is 19.1 Å². The first-order chi connectivity index (χ1) is 19.1. The molecule has 3 aromatic rings. The number of fused-ring (bicyclic) bond motifs is 1. The lowest BCUT2D eigenvalue weighted by atomic mass is 10.0. The van der Waals surface area contributed by atoms with Crippen molar-refractivity contribution in [2.75, 3.05) is 44.2 Å². The Hall–Kier alpha value is -3.43. The molecule has 0 N–H and O–H groups in total. The molecular weight excluding hydrogens is 530 g/mol. The Labute approximate surface area is 240 Å². The average Bonchev–Trinajstić information content (AvgIpc) is 3.57. The molecule has 1 aromatic carbocycles. The van der Waals surface area contributed by atoms with Gasteiger partial charge in [-0.3, -0.25) is 14.7 Å². The van der Waals surface area contributed by atoms with Gasteiger partial charge in [-0.25, -0.2) is 4.79 Å². The fraction of sp³-hybridized carbons (Fsp3) is 0.467. The Morgan fingerprint density at radius 3 is 2.38 bits per heavy atom. The molecule has 2 amide bonds. The smallest absolute Gasteiger partial charge is 0.404 e. The number of likely N-dealkylation sites (tertiary alicyclic amines) is 2. The standard InChI is InChI=1S/C30H36ClN5O4/c1-18-7-8-25(13-26(18)31)36(30(38)39-28-21(4)33-40-22(28)5)12-6-11-34-14-23-16-35(17-24(23)15-34)29(37)27-19(2)9-10-32-20(27)3/h7-10,13,23-24H,6,11-12,14-17H2,1-5H3. The van der Waals surface area contributed by atoms with Crippen LogP contribution in [0.2, 0.25) is 5.02 Å². The van der Waals surface area contributed by atoms with E-state index in [0.29, 0.717) is 46.3 Å². The zero-order valence-electron chi connectivity index (χ0n) is 23.7. The first-order valence-corrected chi connectivity index (χ1v) is 14.1. The number of pyridine rings is 1. The molecule has 2 aliphatic heterocycles. The molecule has 2 saturated heterocycles. The lowest BCUT2D eigenvalue weighted by Crippen LogP contribution is -2.37. The van der Waals surface area contributed by atoms with Crippen LogP contribution in [0, 0.1) is 46.5 Å². The molecule has 9 nitrogen and oxygen atoms in total. The second kappa shape index (κ2) is 11.6. The van der Waals surface area contributed by atoms with Gasteiger partial charge in [-0.15, -0.1) is 0 Å². The zero-order valence-corrected chi connectivity index (χ0v) is 24.5. The second-order valence-corrected chi connectivity index (χ2v) is 11.4. The first-order valence-electron chi connectivity index (χ1n) is 13.7. The highest BCUT2D eigenvalue weighted by Gasteiger charge is 2.42. The highest BCUT2D eigenvalue weighted by Crippen LogP contribution is 2.33. The quantitative estimate of drug-likeness (QED) is 0.380. The number of rotatable bonds is 7. The fourth-order valence-corrected chi connectivity index (χ4v) is 6.08. The van der Waals surface area contributed by atoms with Crippen LogP contribution < -0.4 is 9.64 Å². The third-order valence-electron chi connectivity index (χ3n) is 8.11. The van der Waals surface area contributed by atoms with Crippen LogP contribution in [0.25, 0.3) is 0 Å². The minimum absolute atomic E-state index is 0.0910. The number of anilines is 1. The van der Waals surface area contributed by atoms with Crippen molar-refractivity contribution in [2.24, 2.45) is 11.8 Å². The molecule has 0 saturated carbocycles. The van der Waals surface area contributed by atoms with Crippen molar-refractivity contribution < 1.29 is 18.8 Å². The Bertz CT molecular complexity index is 1370. The van der Waals surface area contributed by atoms with E-state index in [1.807, 2.05) is 43.9 Å². The van der Waals surface area contributed by atoms with Gasteiger partial charge in [0.25, 0.3) is 5.91 Å². The molecule has 4 heterocycles. The molecule has 5 rings (SSSR count). The molecule has 0 spiro atoms. The van der Waals surface area contributed by atoms with Crippen molar-refractivity contribution in [1.29, 1.82) is 0 Å². The maximum absolute atomic E-state index is 13.3. The summed E-state index contributed by atoms with van der Waals surface area (Å²) >= 11 is 6.39. The zero-order chi connectivity index (χ0) is 28.6. The van der Waals surface area contributed by atoms with Crippen molar-refractivity contribution in [2.45, 2.75) is 41.0 Å². The number of carbonyl (C=O) groups excluding carboxylic acids is 2. The van der Waals surface area contributed by atoms with Crippen molar-refractivity contribution in [3.63, 3.8) is 0 Å². The van der Waals surface area contributed by atoms with Gasteiger partial charge in [-0.1, -0.05) is 22.8 Å². The van der Waals surface area contributed by atoms with Gasteiger partial charge in [-0.2, -0.15) is 0 Å². The molecule has 2 unspecified atom stereocenters. The SMILES string of the molecule is Cc1ccc(N(CCCN2CC3CN(C(=O)c4c(C)ccnc4C)CC3C2)C(=O)Oc2c(C)noc2C)cc1Cl. The van der Waals surface area contributed by atoms with Crippen LogP contribution in [0.15, 0.2) is 35.0 Å². The van der Waals surface area contributed by atoms with E-state index < -0.39 is 6.09 Å². The first kappa shape index (κ1) is 28.1. The van der Waals surface area contributed by atoms with Gasteiger partial charge in [0, 0.05) is 56.6 Å². The maximum Gasteiger partial charge on any atom is 0.419 e. The highest BCUT2D eigenvalue weighted by atomic mass is 35.5. The molecule has 2 aromatic heterocycles. The van der Waals surface area contributed by atoms with Crippen molar-refractivity contribution in [3.8, 4) is 5.75 Å². The summed E-state index contributed by atoms with van der Waals surface area (Å²) < 4.78 is 10.9. The number of amides is 2. The number of nitrogens with zero attached hydrogens (tertiary/aromatic N) is 5. The van der Waals surface area contributed by atoms with E-state index in [1.54, 1.807) is 31.0 Å². The van der Waals surface area contributed by atoms with Crippen LogP contribution in [0.5, 0.6) is 5.75 Å². The summed E-state index contributed by atoms with van der Waals surface area (Å²) in [5, 5.41) is 4.48. The van der Waals surface area contributed by atoms with Crippen LogP contribution in [-0.2, 0) is 0 Å².